The molecule has 0 aliphatic carbocycles. The summed E-state index contributed by atoms with van der Waals surface area (Å²) in [6, 6.07) is 4.43. The molecule has 0 aliphatic rings. The van der Waals surface area contributed by atoms with E-state index in [0.29, 0.717) is 5.56 Å². The number of aromatic hydroxyl groups is 5. The van der Waals surface area contributed by atoms with E-state index >= 15 is 0 Å². The van der Waals surface area contributed by atoms with Crippen molar-refractivity contribution in [3.8, 4) is 28.7 Å². The van der Waals surface area contributed by atoms with Crippen molar-refractivity contribution in [2.45, 2.75) is 6.92 Å². The van der Waals surface area contributed by atoms with Crippen molar-refractivity contribution in [2.75, 3.05) is 39.6 Å². The lowest BCUT2D eigenvalue weighted by Gasteiger charge is -2.09. The van der Waals surface area contributed by atoms with Crippen LogP contribution in [0.25, 0.3) is 0 Å². The van der Waals surface area contributed by atoms with E-state index < -0.39 is 34.9 Å². The van der Waals surface area contributed by atoms with Gasteiger partial charge in [0, 0.05) is 0 Å². The standard InChI is InChI=1S/C21H24O11/c1-12-8-13(9-15(22)18(12)25)20(27)31-6-4-29-2-3-30-5-7-32-21(28)14-10-16(23)19(26)17(24)11-14/h8-11,22-26H,2-7H2,1H3. The topological polar surface area (TPSA) is 172 Å². The van der Waals surface area contributed by atoms with Crippen LogP contribution in [0.2, 0.25) is 0 Å². The Morgan fingerprint density at radius 1 is 0.625 bits per heavy atom. The molecule has 0 saturated heterocycles. The molecule has 0 unspecified atom stereocenters. The van der Waals surface area contributed by atoms with E-state index in [0.717, 1.165) is 18.2 Å². The predicted molar refractivity (Wildman–Crippen MR) is 108 cm³/mol. The summed E-state index contributed by atoms with van der Waals surface area (Å²) in [7, 11) is 0. The molecule has 5 N–H and O–H groups in total. The summed E-state index contributed by atoms with van der Waals surface area (Å²) >= 11 is 0. The Bertz CT molecular complexity index is 831. The number of carbonyl (C=O) groups excluding carboxylic acids is 2. The summed E-state index contributed by atoms with van der Waals surface area (Å²) in [6.45, 7) is 2.01. The number of ether oxygens (including phenoxy) is 4. The summed E-state index contributed by atoms with van der Waals surface area (Å²) in [4.78, 5) is 23.7. The Morgan fingerprint density at radius 2 is 1.00 bits per heavy atom. The number of esters is 2. The van der Waals surface area contributed by atoms with Gasteiger partial charge in [-0.15, -0.1) is 0 Å². The molecule has 0 fully saturated rings. The molecule has 0 bridgehead atoms. The molecule has 0 heterocycles. The maximum atomic E-state index is 11.9. The molecule has 0 radical (unpaired) electrons. The van der Waals surface area contributed by atoms with Crippen LogP contribution in [0.15, 0.2) is 24.3 Å². The van der Waals surface area contributed by atoms with Crippen molar-refractivity contribution in [3.05, 3.63) is 41.0 Å². The van der Waals surface area contributed by atoms with Crippen LogP contribution in [0.1, 0.15) is 26.3 Å². The molecule has 11 nitrogen and oxygen atoms in total. The quantitative estimate of drug-likeness (QED) is 0.190. The van der Waals surface area contributed by atoms with Gasteiger partial charge < -0.3 is 44.5 Å². The van der Waals surface area contributed by atoms with E-state index in [9.17, 15) is 35.1 Å². The fourth-order valence-corrected chi connectivity index (χ4v) is 2.48. The van der Waals surface area contributed by atoms with Crippen LogP contribution < -0.4 is 0 Å². The van der Waals surface area contributed by atoms with Crippen molar-refractivity contribution < 1.29 is 54.1 Å². The second-order valence-corrected chi connectivity index (χ2v) is 6.52. The summed E-state index contributed by atoms with van der Waals surface area (Å²) in [5.74, 6) is -4.20. The van der Waals surface area contributed by atoms with Crippen molar-refractivity contribution in [1.29, 1.82) is 0 Å². The van der Waals surface area contributed by atoms with Gasteiger partial charge in [0.1, 0.15) is 13.2 Å². The normalized spacial score (nSPS) is 10.7. The Labute approximate surface area is 183 Å². The van der Waals surface area contributed by atoms with Crippen LogP contribution in [0, 0.1) is 6.92 Å². The first-order valence-electron chi connectivity index (χ1n) is 9.48. The Balaban J connectivity index is 1.54. The highest BCUT2D eigenvalue weighted by molar-refractivity contribution is 5.91. The molecule has 174 valence electrons. The zero-order valence-electron chi connectivity index (χ0n) is 17.2. The number of hydrogen-bond donors (Lipinski definition) is 5. The number of carbonyl (C=O) groups is 2. The highest BCUT2D eigenvalue weighted by atomic mass is 16.6. The van der Waals surface area contributed by atoms with Gasteiger partial charge in [-0.1, -0.05) is 0 Å². The largest absolute Gasteiger partial charge is 0.504 e. The number of hydrogen-bond acceptors (Lipinski definition) is 11. The van der Waals surface area contributed by atoms with Gasteiger partial charge >= 0.3 is 11.9 Å². The molecule has 0 atom stereocenters. The first-order chi connectivity index (χ1) is 15.2. The van der Waals surface area contributed by atoms with E-state index in [1.54, 1.807) is 6.92 Å². The first kappa shape index (κ1) is 24.6. The molecule has 0 spiro atoms. The Morgan fingerprint density at radius 3 is 1.44 bits per heavy atom. The third kappa shape index (κ3) is 6.93. The van der Waals surface area contributed by atoms with E-state index in [2.05, 4.69) is 0 Å². The summed E-state index contributed by atoms with van der Waals surface area (Å²) in [5, 5.41) is 47.0. The predicted octanol–water partition coefficient (Wildman–Crippen LogP) is 1.57. The average molecular weight is 452 g/mol. The molecule has 0 amide bonds. The highest BCUT2D eigenvalue weighted by Gasteiger charge is 2.15. The van der Waals surface area contributed by atoms with Crippen LogP contribution in [-0.2, 0) is 18.9 Å². The van der Waals surface area contributed by atoms with Crippen molar-refractivity contribution in [2.24, 2.45) is 0 Å². The molecule has 11 heteroatoms. The maximum Gasteiger partial charge on any atom is 0.338 e. The Kier molecular flexibility index (Phi) is 8.93. The summed E-state index contributed by atoms with van der Waals surface area (Å²) in [6.07, 6.45) is 0. The maximum absolute atomic E-state index is 11.9. The van der Waals surface area contributed by atoms with Crippen LogP contribution in [-0.4, -0.2) is 77.1 Å². The molecule has 2 aromatic rings. The zero-order chi connectivity index (χ0) is 23.7. The molecule has 0 saturated carbocycles. The zero-order valence-corrected chi connectivity index (χ0v) is 17.2. The lowest BCUT2D eigenvalue weighted by molar-refractivity contribution is 0.00227. The van der Waals surface area contributed by atoms with Gasteiger partial charge in [0.05, 0.1) is 37.6 Å². The van der Waals surface area contributed by atoms with Gasteiger partial charge in [-0.25, -0.2) is 9.59 Å². The second kappa shape index (κ2) is 11.6. The van der Waals surface area contributed by atoms with Crippen LogP contribution in [0.3, 0.4) is 0 Å². The molecular formula is C21H24O11. The van der Waals surface area contributed by atoms with Crippen LogP contribution in [0.4, 0.5) is 0 Å². The van der Waals surface area contributed by atoms with Crippen LogP contribution >= 0.6 is 0 Å². The number of rotatable bonds is 11. The van der Waals surface area contributed by atoms with Crippen molar-refractivity contribution in [3.63, 3.8) is 0 Å². The van der Waals surface area contributed by atoms with E-state index in [1.165, 1.54) is 6.07 Å². The van der Waals surface area contributed by atoms with E-state index in [1.807, 2.05) is 0 Å². The summed E-state index contributed by atoms with van der Waals surface area (Å²) < 4.78 is 20.4. The van der Waals surface area contributed by atoms with Gasteiger partial charge in [0.25, 0.3) is 0 Å². The molecule has 32 heavy (non-hydrogen) atoms. The fourth-order valence-electron chi connectivity index (χ4n) is 2.48. The third-order valence-electron chi connectivity index (χ3n) is 4.12. The average Bonchev–Trinajstić information content (AvgIpc) is 2.75. The Hall–Kier alpha value is -3.70. The van der Waals surface area contributed by atoms with E-state index in [4.69, 9.17) is 18.9 Å². The minimum atomic E-state index is -0.811. The molecule has 0 aliphatic heterocycles. The fraction of sp³-hybridized carbons (Fsp3) is 0.333. The first-order valence-corrected chi connectivity index (χ1v) is 9.48. The SMILES string of the molecule is Cc1cc(C(=O)OCCOCCOCCOC(=O)c2cc(O)c(O)c(O)c2)cc(O)c1O. The van der Waals surface area contributed by atoms with Gasteiger partial charge in [0.2, 0.25) is 0 Å². The molecular weight excluding hydrogens is 428 g/mol. The third-order valence-corrected chi connectivity index (χ3v) is 4.12. The lowest BCUT2D eigenvalue weighted by atomic mass is 10.1. The van der Waals surface area contributed by atoms with Crippen molar-refractivity contribution >= 4 is 11.9 Å². The van der Waals surface area contributed by atoms with Crippen LogP contribution in [0.5, 0.6) is 28.7 Å². The molecule has 0 aromatic heterocycles. The lowest BCUT2D eigenvalue weighted by Crippen LogP contribution is -2.15. The number of aryl methyl sites for hydroxylation is 1. The van der Waals surface area contributed by atoms with E-state index in [-0.39, 0.29) is 56.5 Å². The van der Waals surface area contributed by atoms with Gasteiger partial charge in [-0.3, -0.25) is 0 Å². The van der Waals surface area contributed by atoms with Crippen molar-refractivity contribution in [1.82, 2.24) is 0 Å². The minimum Gasteiger partial charge on any atom is -0.504 e. The smallest absolute Gasteiger partial charge is 0.338 e. The number of phenols is 5. The molecule has 2 rings (SSSR count). The minimum absolute atomic E-state index is 0.0244. The number of benzene rings is 2. The monoisotopic (exact) mass is 452 g/mol. The second-order valence-electron chi connectivity index (χ2n) is 6.52. The van der Waals surface area contributed by atoms with Gasteiger partial charge in [-0.05, 0) is 36.8 Å². The van der Waals surface area contributed by atoms with Gasteiger partial charge in [0.15, 0.2) is 28.7 Å². The molecule has 2 aromatic carbocycles. The highest BCUT2D eigenvalue weighted by Crippen LogP contribution is 2.35. The summed E-state index contributed by atoms with van der Waals surface area (Å²) in [5.41, 5.74) is 0.317. The number of phenolic OH excluding ortho intramolecular Hbond substituents is 5. The van der Waals surface area contributed by atoms with Gasteiger partial charge in [-0.2, -0.15) is 0 Å².